The third-order valence-corrected chi connectivity index (χ3v) is 4.99. The van der Waals surface area contributed by atoms with Crippen LogP contribution < -0.4 is 16.0 Å². The molecule has 130 valence electrons. The van der Waals surface area contributed by atoms with Crippen LogP contribution in [-0.4, -0.2) is 17.6 Å². The third kappa shape index (κ3) is 3.29. The van der Waals surface area contributed by atoms with E-state index in [1.54, 1.807) is 0 Å². The third-order valence-electron chi connectivity index (χ3n) is 3.47. The fraction of sp³-hybridized carbons (Fsp3) is 0.286. The van der Waals surface area contributed by atoms with Crippen molar-refractivity contribution in [2.75, 3.05) is 0 Å². The standard InChI is InChI=1S/C14H15F2N3O4S/c1-8(10-5-4-9(15)6-11(10)16)17-24(22,23)12-7-18(2)14(21)19(3)13(12)20/h4-8,17H,1-3H3/t8-/m1/s1. The molecule has 0 bridgehead atoms. The van der Waals surface area contributed by atoms with Crippen LogP contribution in [0.25, 0.3) is 0 Å². The minimum absolute atomic E-state index is 0.0818. The Balaban J connectivity index is 2.46. The van der Waals surface area contributed by atoms with E-state index in [9.17, 15) is 26.8 Å². The van der Waals surface area contributed by atoms with Gasteiger partial charge in [0.2, 0.25) is 10.0 Å². The SMILES string of the molecule is C[C@@H](NS(=O)(=O)c1cn(C)c(=O)n(C)c1=O)c1ccc(F)cc1F. The minimum atomic E-state index is -4.33. The lowest BCUT2D eigenvalue weighted by atomic mass is 10.1. The summed E-state index contributed by atoms with van der Waals surface area (Å²) in [6.07, 6.45) is 0.890. The van der Waals surface area contributed by atoms with E-state index in [4.69, 9.17) is 0 Å². The smallest absolute Gasteiger partial charge is 0.302 e. The fourth-order valence-corrected chi connectivity index (χ4v) is 3.55. The van der Waals surface area contributed by atoms with Gasteiger partial charge < -0.3 is 4.57 Å². The summed E-state index contributed by atoms with van der Waals surface area (Å²) in [5, 5.41) is 0. The average Bonchev–Trinajstić information content (AvgIpc) is 2.47. The Hall–Kier alpha value is -2.33. The van der Waals surface area contributed by atoms with E-state index in [-0.39, 0.29) is 5.56 Å². The second-order valence-corrected chi connectivity index (χ2v) is 6.94. The van der Waals surface area contributed by atoms with Crippen molar-refractivity contribution in [2.45, 2.75) is 17.9 Å². The predicted molar refractivity (Wildman–Crippen MR) is 82.0 cm³/mol. The van der Waals surface area contributed by atoms with Crippen molar-refractivity contribution in [3.8, 4) is 0 Å². The fourth-order valence-electron chi connectivity index (χ4n) is 2.17. The van der Waals surface area contributed by atoms with E-state index >= 15 is 0 Å². The predicted octanol–water partition coefficient (Wildman–Crippen LogP) is 0.402. The second kappa shape index (κ2) is 6.29. The van der Waals surface area contributed by atoms with E-state index in [1.165, 1.54) is 14.0 Å². The maximum Gasteiger partial charge on any atom is 0.330 e. The average molecular weight is 359 g/mol. The highest BCUT2D eigenvalue weighted by atomic mass is 32.2. The molecule has 1 aromatic heterocycles. The second-order valence-electron chi connectivity index (χ2n) is 5.26. The molecule has 0 spiro atoms. The van der Waals surface area contributed by atoms with Crippen molar-refractivity contribution >= 4 is 10.0 Å². The van der Waals surface area contributed by atoms with Gasteiger partial charge in [0.05, 0.1) is 0 Å². The Morgan fingerprint density at radius 2 is 1.79 bits per heavy atom. The van der Waals surface area contributed by atoms with Crippen molar-refractivity contribution in [1.82, 2.24) is 13.9 Å². The quantitative estimate of drug-likeness (QED) is 0.856. The summed E-state index contributed by atoms with van der Waals surface area (Å²) in [7, 11) is -1.89. The number of aromatic nitrogens is 2. The molecule has 0 amide bonds. The molecule has 2 rings (SSSR count). The lowest BCUT2D eigenvalue weighted by Crippen LogP contribution is -2.41. The largest absolute Gasteiger partial charge is 0.330 e. The molecule has 0 saturated heterocycles. The number of nitrogens with zero attached hydrogens (tertiary/aromatic N) is 2. The summed E-state index contributed by atoms with van der Waals surface area (Å²) in [5.41, 5.74) is -1.77. The van der Waals surface area contributed by atoms with Crippen LogP contribution in [-0.2, 0) is 24.1 Å². The van der Waals surface area contributed by atoms with Gasteiger partial charge >= 0.3 is 5.69 Å². The summed E-state index contributed by atoms with van der Waals surface area (Å²) in [4.78, 5) is 23.0. The van der Waals surface area contributed by atoms with Crippen LogP contribution in [0.1, 0.15) is 18.5 Å². The molecule has 0 aliphatic rings. The minimum Gasteiger partial charge on any atom is -0.302 e. The van der Waals surface area contributed by atoms with Crippen LogP contribution in [0.2, 0.25) is 0 Å². The maximum atomic E-state index is 13.8. The van der Waals surface area contributed by atoms with E-state index in [0.29, 0.717) is 10.6 Å². The molecule has 0 radical (unpaired) electrons. The van der Waals surface area contributed by atoms with Crippen molar-refractivity contribution < 1.29 is 17.2 Å². The molecule has 0 saturated carbocycles. The number of halogens is 2. The Morgan fingerprint density at radius 3 is 2.38 bits per heavy atom. The van der Waals surface area contributed by atoms with Gasteiger partial charge in [-0.25, -0.2) is 26.7 Å². The molecular formula is C14H15F2N3O4S. The van der Waals surface area contributed by atoms with Gasteiger partial charge in [0, 0.05) is 38.0 Å². The highest BCUT2D eigenvalue weighted by molar-refractivity contribution is 7.89. The Bertz CT molecular complexity index is 1010. The number of hydrogen-bond acceptors (Lipinski definition) is 4. The molecule has 0 fully saturated rings. The van der Waals surface area contributed by atoms with Gasteiger partial charge in [0.1, 0.15) is 11.6 Å². The van der Waals surface area contributed by atoms with Gasteiger partial charge in [0.15, 0.2) is 4.90 Å². The van der Waals surface area contributed by atoms with Crippen LogP contribution in [0, 0.1) is 11.6 Å². The van der Waals surface area contributed by atoms with Crippen LogP contribution in [0.15, 0.2) is 38.9 Å². The molecule has 1 atom stereocenters. The molecule has 0 unspecified atom stereocenters. The Labute approximate surface area is 136 Å². The summed E-state index contributed by atoms with van der Waals surface area (Å²) >= 11 is 0. The van der Waals surface area contributed by atoms with Crippen molar-refractivity contribution in [2.24, 2.45) is 14.1 Å². The van der Waals surface area contributed by atoms with Gasteiger partial charge in [-0.2, -0.15) is 0 Å². The first-order valence-electron chi connectivity index (χ1n) is 6.78. The van der Waals surface area contributed by atoms with Gasteiger partial charge in [-0.15, -0.1) is 0 Å². The van der Waals surface area contributed by atoms with E-state index < -0.39 is 43.8 Å². The van der Waals surface area contributed by atoms with Crippen molar-refractivity contribution in [3.63, 3.8) is 0 Å². The van der Waals surface area contributed by atoms with Crippen molar-refractivity contribution in [3.05, 3.63) is 62.4 Å². The lowest BCUT2D eigenvalue weighted by Gasteiger charge is -2.16. The topological polar surface area (TPSA) is 90.2 Å². The molecule has 1 N–H and O–H groups in total. The molecule has 0 aliphatic carbocycles. The summed E-state index contributed by atoms with van der Waals surface area (Å²) in [6, 6.07) is 1.67. The highest BCUT2D eigenvalue weighted by Crippen LogP contribution is 2.19. The molecule has 24 heavy (non-hydrogen) atoms. The van der Waals surface area contributed by atoms with E-state index in [0.717, 1.165) is 29.9 Å². The van der Waals surface area contributed by atoms with Crippen molar-refractivity contribution in [1.29, 1.82) is 0 Å². The van der Waals surface area contributed by atoms with Gasteiger partial charge in [-0.1, -0.05) is 6.07 Å². The Kier molecular flexibility index (Phi) is 4.72. The highest BCUT2D eigenvalue weighted by Gasteiger charge is 2.25. The van der Waals surface area contributed by atoms with Gasteiger partial charge in [-0.05, 0) is 13.0 Å². The molecule has 10 heteroatoms. The first-order chi connectivity index (χ1) is 11.0. The normalized spacial score (nSPS) is 13.0. The molecule has 1 heterocycles. The Morgan fingerprint density at radius 1 is 1.17 bits per heavy atom. The van der Waals surface area contributed by atoms with Crippen LogP contribution >= 0.6 is 0 Å². The monoisotopic (exact) mass is 359 g/mol. The number of nitrogens with one attached hydrogen (secondary N) is 1. The van der Waals surface area contributed by atoms with Crippen LogP contribution in [0.4, 0.5) is 8.78 Å². The molecule has 2 aromatic rings. The summed E-state index contributed by atoms with van der Waals surface area (Å²) < 4.78 is 55.2. The first-order valence-corrected chi connectivity index (χ1v) is 8.27. The maximum absolute atomic E-state index is 13.8. The van der Waals surface area contributed by atoms with Gasteiger partial charge in [-0.3, -0.25) is 9.36 Å². The van der Waals surface area contributed by atoms with Crippen LogP contribution in [0.3, 0.4) is 0 Å². The summed E-state index contributed by atoms with van der Waals surface area (Å²) in [6.45, 7) is 1.35. The molecular weight excluding hydrogens is 344 g/mol. The zero-order valence-electron chi connectivity index (χ0n) is 13.1. The van der Waals surface area contributed by atoms with Crippen LogP contribution in [0.5, 0.6) is 0 Å². The molecule has 1 aromatic carbocycles. The summed E-state index contributed by atoms with van der Waals surface area (Å²) in [5.74, 6) is -1.71. The zero-order valence-corrected chi connectivity index (χ0v) is 13.9. The number of sulfonamides is 1. The zero-order chi connectivity index (χ0) is 18.2. The number of benzene rings is 1. The molecule has 0 aliphatic heterocycles. The number of rotatable bonds is 4. The lowest BCUT2D eigenvalue weighted by molar-refractivity contribution is 0.536. The molecule has 7 nitrogen and oxygen atoms in total. The number of aryl methyl sites for hydroxylation is 1. The van der Waals surface area contributed by atoms with E-state index in [2.05, 4.69) is 4.72 Å². The first kappa shape index (κ1) is 18.0. The number of hydrogen-bond donors (Lipinski definition) is 1. The van der Waals surface area contributed by atoms with Gasteiger partial charge in [0.25, 0.3) is 5.56 Å². The van der Waals surface area contributed by atoms with E-state index in [1.807, 2.05) is 0 Å².